The summed E-state index contributed by atoms with van der Waals surface area (Å²) in [6, 6.07) is 1.30. The summed E-state index contributed by atoms with van der Waals surface area (Å²) in [6.07, 6.45) is 9.62. The molecule has 0 radical (unpaired) electrons. The van der Waals surface area contributed by atoms with E-state index in [1.54, 1.807) is 0 Å². The molecule has 3 aliphatic rings. The number of hydrogen-bond donors (Lipinski definition) is 2. The largest absolute Gasteiger partial charge is 0.360 e. The zero-order valence-electron chi connectivity index (χ0n) is 10.7. The maximum Gasteiger partial charge on any atom is 0.166 e. The van der Waals surface area contributed by atoms with Crippen LogP contribution in [-0.4, -0.2) is 17.2 Å². The molecule has 2 nitrogen and oxygen atoms in total. The highest BCUT2D eigenvalue weighted by Crippen LogP contribution is 2.44. The lowest BCUT2D eigenvalue weighted by Crippen LogP contribution is -2.47. The van der Waals surface area contributed by atoms with Gasteiger partial charge >= 0.3 is 0 Å². The van der Waals surface area contributed by atoms with E-state index in [0.29, 0.717) is 12.1 Å². The van der Waals surface area contributed by atoms with Crippen molar-refractivity contribution in [1.29, 1.82) is 0 Å². The minimum atomic E-state index is 0.628. The quantitative estimate of drug-likeness (QED) is 0.739. The summed E-state index contributed by atoms with van der Waals surface area (Å²) in [4.78, 5) is 0. The summed E-state index contributed by atoms with van der Waals surface area (Å²) >= 11 is 5.46. The first-order chi connectivity index (χ1) is 8.20. The van der Waals surface area contributed by atoms with Crippen LogP contribution >= 0.6 is 12.2 Å². The first-order valence-electron chi connectivity index (χ1n) is 7.27. The van der Waals surface area contributed by atoms with Crippen molar-refractivity contribution in [2.45, 2.75) is 64.0 Å². The molecule has 3 heteroatoms. The normalized spacial score (nSPS) is 43.9. The Hall–Kier alpha value is -0.310. The monoisotopic (exact) mass is 252 g/mol. The highest BCUT2D eigenvalue weighted by molar-refractivity contribution is 7.80. The van der Waals surface area contributed by atoms with E-state index in [4.69, 9.17) is 12.2 Å². The molecule has 0 aliphatic heterocycles. The maximum atomic E-state index is 5.46. The fourth-order valence-electron chi connectivity index (χ4n) is 4.16. The molecule has 0 aromatic carbocycles. The van der Waals surface area contributed by atoms with Crippen molar-refractivity contribution in [3.05, 3.63) is 0 Å². The third kappa shape index (κ3) is 2.59. The molecular weight excluding hydrogens is 228 g/mol. The van der Waals surface area contributed by atoms with Crippen LogP contribution in [0.25, 0.3) is 0 Å². The lowest BCUT2D eigenvalue weighted by atomic mass is 9.95. The average molecular weight is 252 g/mol. The molecule has 2 N–H and O–H groups in total. The number of fused-ring (bicyclic) bond motifs is 2. The van der Waals surface area contributed by atoms with Crippen molar-refractivity contribution in [2.75, 3.05) is 0 Å². The number of rotatable bonds is 2. The molecule has 2 bridgehead atoms. The van der Waals surface area contributed by atoms with Gasteiger partial charge in [-0.15, -0.1) is 0 Å². The van der Waals surface area contributed by atoms with Gasteiger partial charge in [0.15, 0.2) is 5.11 Å². The van der Waals surface area contributed by atoms with E-state index in [-0.39, 0.29) is 0 Å². The van der Waals surface area contributed by atoms with Crippen LogP contribution in [0.15, 0.2) is 0 Å². The Bertz CT molecular complexity index is 305. The minimum absolute atomic E-state index is 0.628. The van der Waals surface area contributed by atoms with Gasteiger partial charge in [-0.2, -0.15) is 0 Å². The summed E-state index contributed by atoms with van der Waals surface area (Å²) in [5.41, 5.74) is 0. The first-order valence-corrected chi connectivity index (χ1v) is 7.68. The fourth-order valence-corrected chi connectivity index (χ4v) is 4.47. The van der Waals surface area contributed by atoms with E-state index in [0.717, 1.165) is 22.9 Å². The van der Waals surface area contributed by atoms with E-state index in [9.17, 15) is 0 Å². The second-order valence-electron chi connectivity index (χ2n) is 6.51. The number of hydrogen-bond acceptors (Lipinski definition) is 1. The Morgan fingerprint density at radius 2 is 1.88 bits per heavy atom. The standard InChI is InChI=1S/C14H24N2S/c1-9-2-5-12(6-9)15-14(17)16-13-8-10-3-4-11(13)7-10/h9-13H,2-8H2,1H3,(H2,15,16,17). The molecular formula is C14H24N2S. The molecule has 5 atom stereocenters. The van der Waals surface area contributed by atoms with E-state index in [1.807, 2.05) is 0 Å². The fraction of sp³-hybridized carbons (Fsp3) is 0.929. The number of thiocarbonyl (C=S) groups is 1. The Morgan fingerprint density at radius 3 is 2.47 bits per heavy atom. The van der Waals surface area contributed by atoms with Gasteiger partial charge in [0.2, 0.25) is 0 Å². The van der Waals surface area contributed by atoms with Gasteiger partial charge in [-0.1, -0.05) is 13.3 Å². The zero-order valence-corrected chi connectivity index (χ0v) is 11.6. The van der Waals surface area contributed by atoms with Crippen LogP contribution in [0, 0.1) is 17.8 Å². The Balaban J connectivity index is 1.44. The Labute approximate surface area is 110 Å². The summed E-state index contributed by atoms with van der Waals surface area (Å²) in [5.74, 6) is 2.77. The molecule has 0 aromatic rings. The zero-order chi connectivity index (χ0) is 11.8. The Kier molecular flexibility index (Phi) is 3.29. The molecule has 0 spiro atoms. The second-order valence-corrected chi connectivity index (χ2v) is 6.92. The van der Waals surface area contributed by atoms with Crippen LogP contribution in [0.1, 0.15) is 51.9 Å². The van der Waals surface area contributed by atoms with Crippen LogP contribution < -0.4 is 10.6 Å². The molecule has 3 aliphatic carbocycles. The first kappa shape index (κ1) is 11.8. The van der Waals surface area contributed by atoms with Gasteiger partial charge in [0, 0.05) is 12.1 Å². The summed E-state index contributed by atoms with van der Waals surface area (Å²) in [5, 5.41) is 8.01. The SMILES string of the molecule is CC1CCC(NC(=S)NC2CC3CCC2C3)C1. The average Bonchev–Trinajstić information content (AvgIpc) is 2.95. The van der Waals surface area contributed by atoms with Gasteiger partial charge in [-0.05, 0) is 68.5 Å². The predicted molar refractivity (Wildman–Crippen MR) is 74.9 cm³/mol. The summed E-state index contributed by atoms with van der Waals surface area (Å²) < 4.78 is 0. The van der Waals surface area contributed by atoms with Crippen molar-refractivity contribution in [2.24, 2.45) is 17.8 Å². The smallest absolute Gasteiger partial charge is 0.166 e. The molecule has 5 unspecified atom stereocenters. The van der Waals surface area contributed by atoms with Crippen LogP contribution in [0.4, 0.5) is 0 Å². The molecule has 0 aromatic heterocycles. The molecule has 3 rings (SSSR count). The third-order valence-corrected chi connectivity index (χ3v) is 5.32. The van der Waals surface area contributed by atoms with Gasteiger partial charge in [-0.25, -0.2) is 0 Å². The van der Waals surface area contributed by atoms with E-state index in [2.05, 4.69) is 17.6 Å². The van der Waals surface area contributed by atoms with Crippen LogP contribution in [0.5, 0.6) is 0 Å². The van der Waals surface area contributed by atoms with Gasteiger partial charge < -0.3 is 10.6 Å². The van der Waals surface area contributed by atoms with Crippen LogP contribution in [-0.2, 0) is 0 Å². The molecule has 3 fully saturated rings. The molecule has 3 saturated carbocycles. The highest BCUT2D eigenvalue weighted by Gasteiger charge is 2.39. The van der Waals surface area contributed by atoms with E-state index < -0.39 is 0 Å². The Morgan fingerprint density at radius 1 is 1.00 bits per heavy atom. The van der Waals surface area contributed by atoms with Crippen molar-refractivity contribution < 1.29 is 0 Å². The summed E-state index contributed by atoms with van der Waals surface area (Å²) in [6.45, 7) is 2.34. The van der Waals surface area contributed by atoms with Gasteiger partial charge in [-0.3, -0.25) is 0 Å². The minimum Gasteiger partial charge on any atom is -0.360 e. The van der Waals surface area contributed by atoms with Gasteiger partial charge in [0.05, 0.1) is 0 Å². The van der Waals surface area contributed by atoms with Crippen LogP contribution in [0.3, 0.4) is 0 Å². The van der Waals surface area contributed by atoms with Crippen LogP contribution in [0.2, 0.25) is 0 Å². The second kappa shape index (κ2) is 4.75. The predicted octanol–water partition coefficient (Wildman–Crippen LogP) is 2.83. The van der Waals surface area contributed by atoms with E-state index >= 15 is 0 Å². The molecule has 96 valence electrons. The third-order valence-electron chi connectivity index (χ3n) is 5.08. The van der Waals surface area contributed by atoms with E-state index in [1.165, 1.54) is 44.9 Å². The van der Waals surface area contributed by atoms with Crippen molar-refractivity contribution in [3.8, 4) is 0 Å². The van der Waals surface area contributed by atoms with Gasteiger partial charge in [0.1, 0.15) is 0 Å². The molecule has 0 amide bonds. The van der Waals surface area contributed by atoms with Gasteiger partial charge in [0.25, 0.3) is 0 Å². The lowest BCUT2D eigenvalue weighted by Gasteiger charge is -2.26. The highest BCUT2D eigenvalue weighted by atomic mass is 32.1. The molecule has 0 saturated heterocycles. The van der Waals surface area contributed by atoms with Crippen molar-refractivity contribution in [3.63, 3.8) is 0 Å². The van der Waals surface area contributed by atoms with Crippen molar-refractivity contribution >= 4 is 17.3 Å². The summed E-state index contributed by atoms with van der Waals surface area (Å²) in [7, 11) is 0. The topological polar surface area (TPSA) is 24.1 Å². The lowest BCUT2D eigenvalue weighted by molar-refractivity contribution is 0.387. The van der Waals surface area contributed by atoms with Crippen molar-refractivity contribution in [1.82, 2.24) is 10.6 Å². The molecule has 17 heavy (non-hydrogen) atoms. The molecule has 0 heterocycles. The maximum absolute atomic E-state index is 5.46. The number of nitrogens with one attached hydrogen (secondary N) is 2.